The lowest BCUT2D eigenvalue weighted by Gasteiger charge is -2.31. The van der Waals surface area contributed by atoms with Crippen molar-refractivity contribution in [3.8, 4) is 0 Å². The first-order valence-corrected chi connectivity index (χ1v) is 7.28. The summed E-state index contributed by atoms with van der Waals surface area (Å²) in [6.45, 7) is 3.22. The fraction of sp³-hybridized carbons (Fsp3) is 0.333. The van der Waals surface area contributed by atoms with Crippen LogP contribution in [0.25, 0.3) is 0 Å². The molecule has 0 saturated carbocycles. The van der Waals surface area contributed by atoms with Crippen LogP contribution in [0, 0.1) is 5.82 Å². The summed E-state index contributed by atoms with van der Waals surface area (Å²) in [7, 11) is 0. The van der Waals surface area contributed by atoms with Gasteiger partial charge in [0.15, 0.2) is 0 Å². The minimum Gasteiger partial charge on any atom is -0.313 e. The number of hydrogen-bond acceptors (Lipinski definition) is 1. The molecule has 2 atom stereocenters. The first kappa shape index (κ1) is 13.3. The van der Waals surface area contributed by atoms with Gasteiger partial charge in [-0.2, -0.15) is 0 Å². The van der Waals surface area contributed by atoms with Crippen LogP contribution in [0.1, 0.15) is 29.5 Å². The molecular weight excluding hydrogens is 249 g/mol. The van der Waals surface area contributed by atoms with E-state index in [2.05, 4.69) is 36.5 Å². The van der Waals surface area contributed by atoms with E-state index in [-0.39, 0.29) is 5.82 Å². The molecule has 2 unspecified atom stereocenters. The average molecular weight is 269 g/mol. The monoisotopic (exact) mass is 269 g/mol. The van der Waals surface area contributed by atoms with Crippen LogP contribution in [-0.2, 0) is 12.8 Å². The van der Waals surface area contributed by atoms with Crippen molar-refractivity contribution < 1.29 is 4.39 Å². The Bertz CT molecular complexity index is 576. The molecule has 0 aliphatic heterocycles. The highest BCUT2D eigenvalue weighted by Crippen LogP contribution is 2.34. The topological polar surface area (TPSA) is 12.0 Å². The number of benzene rings is 2. The van der Waals surface area contributed by atoms with E-state index in [0.29, 0.717) is 12.0 Å². The maximum absolute atomic E-state index is 12.9. The Labute approximate surface area is 119 Å². The molecule has 20 heavy (non-hydrogen) atoms. The SMILES string of the molecule is CC(Cc1ccc(F)cc1)NCC1Cc2ccccc21. The minimum atomic E-state index is -0.166. The third-order valence-corrected chi connectivity index (χ3v) is 4.13. The van der Waals surface area contributed by atoms with Crippen LogP contribution in [0.4, 0.5) is 4.39 Å². The summed E-state index contributed by atoms with van der Waals surface area (Å²) >= 11 is 0. The van der Waals surface area contributed by atoms with Gasteiger partial charge in [-0.15, -0.1) is 0 Å². The van der Waals surface area contributed by atoms with Crippen molar-refractivity contribution in [2.75, 3.05) is 6.54 Å². The number of nitrogens with one attached hydrogen (secondary N) is 1. The lowest BCUT2D eigenvalue weighted by molar-refractivity contribution is 0.476. The van der Waals surface area contributed by atoms with Crippen LogP contribution < -0.4 is 5.32 Å². The van der Waals surface area contributed by atoms with Crippen LogP contribution in [0.5, 0.6) is 0 Å². The zero-order valence-corrected chi connectivity index (χ0v) is 11.8. The molecule has 0 saturated heterocycles. The summed E-state index contributed by atoms with van der Waals surface area (Å²) in [5.74, 6) is 0.488. The Kier molecular flexibility index (Phi) is 3.83. The van der Waals surface area contributed by atoms with Crippen LogP contribution in [0.15, 0.2) is 48.5 Å². The smallest absolute Gasteiger partial charge is 0.123 e. The van der Waals surface area contributed by atoms with E-state index in [1.165, 1.54) is 35.2 Å². The summed E-state index contributed by atoms with van der Waals surface area (Å²) in [6.07, 6.45) is 2.13. The molecule has 0 aromatic heterocycles. The zero-order valence-electron chi connectivity index (χ0n) is 11.8. The molecule has 2 aromatic carbocycles. The molecule has 104 valence electrons. The van der Waals surface area contributed by atoms with Crippen molar-refractivity contribution in [1.82, 2.24) is 5.32 Å². The Morgan fingerprint density at radius 2 is 1.90 bits per heavy atom. The van der Waals surface area contributed by atoms with E-state index in [1.807, 2.05) is 12.1 Å². The van der Waals surface area contributed by atoms with Crippen molar-refractivity contribution >= 4 is 0 Å². The van der Waals surface area contributed by atoms with E-state index < -0.39 is 0 Å². The molecule has 0 heterocycles. The second-order valence-electron chi connectivity index (χ2n) is 5.74. The second kappa shape index (κ2) is 5.76. The van der Waals surface area contributed by atoms with Gasteiger partial charge in [0.25, 0.3) is 0 Å². The standard InChI is InChI=1S/C18H20FN/c1-13(10-14-6-8-17(19)9-7-14)20-12-16-11-15-4-2-3-5-18(15)16/h2-9,13,16,20H,10-12H2,1H3. The average Bonchev–Trinajstić information content (AvgIpc) is 2.42. The van der Waals surface area contributed by atoms with Gasteiger partial charge in [0.05, 0.1) is 0 Å². The Morgan fingerprint density at radius 3 is 2.65 bits per heavy atom. The van der Waals surface area contributed by atoms with Gasteiger partial charge in [-0.25, -0.2) is 4.39 Å². The molecule has 0 bridgehead atoms. The van der Waals surface area contributed by atoms with Crippen LogP contribution >= 0.6 is 0 Å². The van der Waals surface area contributed by atoms with E-state index >= 15 is 0 Å². The van der Waals surface area contributed by atoms with E-state index in [0.717, 1.165) is 13.0 Å². The Hall–Kier alpha value is -1.67. The molecule has 1 aliphatic rings. The number of hydrogen-bond donors (Lipinski definition) is 1. The Balaban J connectivity index is 1.49. The van der Waals surface area contributed by atoms with Gasteiger partial charge in [0.1, 0.15) is 5.82 Å². The number of halogens is 1. The molecule has 3 rings (SSSR count). The lowest BCUT2D eigenvalue weighted by Crippen LogP contribution is -2.35. The molecule has 2 heteroatoms. The second-order valence-corrected chi connectivity index (χ2v) is 5.74. The summed E-state index contributed by atoms with van der Waals surface area (Å²) < 4.78 is 12.9. The molecule has 0 amide bonds. The highest BCUT2D eigenvalue weighted by molar-refractivity contribution is 5.40. The molecule has 1 aliphatic carbocycles. The first-order valence-electron chi connectivity index (χ1n) is 7.28. The van der Waals surface area contributed by atoms with Crippen LogP contribution in [0.3, 0.4) is 0 Å². The fourth-order valence-electron chi connectivity index (χ4n) is 2.93. The quantitative estimate of drug-likeness (QED) is 0.873. The predicted molar refractivity (Wildman–Crippen MR) is 80.5 cm³/mol. The van der Waals surface area contributed by atoms with Crippen molar-refractivity contribution in [3.05, 3.63) is 71.0 Å². The highest BCUT2D eigenvalue weighted by Gasteiger charge is 2.25. The van der Waals surface area contributed by atoms with Gasteiger partial charge in [-0.05, 0) is 48.6 Å². The summed E-state index contributed by atoms with van der Waals surface area (Å²) in [4.78, 5) is 0. The molecular formula is C18H20FN. The third kappa shape index (κ3) is 2.91. The summed E-state index contributed by atoms with van der Waals surface area (Å²) in [5, 5.41) is 3.59. The molecule has 0 fully saturated rings. The number of rotatable bonds is 5. The maximum atomic E-state index is 12.9. The lowest BCUT2D eigenvalue weighted by atomic mass is 9.77. The largest absolute Gasteiger partial charge is 0.313 e. The molecule has 0 spiro atoms. The van der Waals surface area contributed by atoms with Crippen molar-refractivity contribution in [3.63, 3.8) is 0 Å². The third-order valence-electron chi connectivity index (χ3n) is 4.13. The van der Waals surface area contributed by atoms with Gasteiger partial charge in [0, 0.05) is 18.5 Å². The van der Waals surface area contributed by atoms with E-state index in [1.54, 1.807) is 0 Å². The van der Waals surface area contributed by atoms with E-state index in [4.69, 9.17) is 0 Å². The molecule has 0 radical (unpaired) electrons. The van der Waals surface area contributed by atoms with Crippen molar-refractivity contribution in [1.29, 1.82) is 0 Å². The maximum Gasteiger partial charge on any atom is 0.123 e. The fourth-order valence-corrected chi connectivity index (χ4v) is 2.93. The summed E-state index contributed by atoms with van der Waals surface area (Å²) in [5.41, 5.74) is 4.17. The molecule has 2 aromatic rings. The van der Waals surface area contributed by atoms with Gasteiger partial charge < -0.3 is 5.32 Å². The van der Waals surface area contributed by atoms with Crippen molar-refractivity contribution in [2.45, 2.75) is 31.7 Å². The molecule has 1 N–H and O–H groups in total. The predicted octanol–water partition coefficient (Wildman–Crippen LogP) is 3.69. The van der Waals surface area contributed by atoms with Crippen molar-refractivity contribution in [2.24, 2.45) is 0 Å². The first-order chi connectivity index (χ1) is 9.72. The van der Waals surface area contributed by atoms with Gasteiger partial charge in [-0.1, -0.05) is 36.4 Å². The van der Waals surface area contributed by atoms with Gasteiger partial charge in [-0.3, -0.25) is 0 Å². The zero-order chi connectivity index (χ0) is 13.9. The van der Waals surface area contributed by atoms with Gasteiger partial charge in [0.2, 0.25) is 0 Å². The number of fused-ring (bicyclic) bond motifs is 1. The molecule has 1 nitrogen and oxygen atoms in total. The van der Waals surface area contributed by atoms with Gasteiger partial charge >= 0.3 is 0 Å². The minimum absolute atomic E-state index is 0.166. The normalized spacial score (nSPS) is 18.2. The van der Waals surface area contributed by atoms with E-state index in [9.17, 15) is 4.39 Å². The van der Waals surface area contributed by atoms with Crippen LogP contribution in [-0.4, -0.2) is 12.6 Å². The Morgan fingerprint density at radius 1 is 1.15 bits per heavy atom. The van der Waals surface area contributed by atoms with Crippen LogP contribution in [0.2, 0.25) is 0 Å². The highest BCUT2D eigenvalue weighted by atomic mass is 19.1. The summed E-state index contributed by atoms with van der Waals surface area (Å²) in [6, 6.07) is 15.9.